The number of carbonyl (C=O) groups is 2. The molecule has 7 nitrogen and oxygen atoms in total. The van der Waals surface area contributed by atoms with E-state index in [0.717, 1.165) is 4.88 Å². The summed E-state index contributed by atoms with van der Waals surface area (Å²) in [5, 5.41) is 4.33. The number of hydrogen-bond donors (Lipinski definition) is 2. The highest BCUT2D eigenvalue weighted by atomic mass is 32.2. The Hall–Kier alpha value is -2.23. The Bertz CT molecular complexity index is 846. The summed E-state index contributed by atoms with van der Waals surface area (Å²) < 4.78 is 27.2. The third-order valence-electron chi connectivity index (χ3n) is 3.32. The molecule has 1 aromatic heterocycles. The third kappa shape index (κ3) is 5.38. The van der Waals surface area contributed by atoms with E-state index in [-0.39, 0.29) is 29.5 Å². The number of rotatable bonds is 7. The average Bonchev–Trinajstić information content (AvgIpc) is 3.11. The highest BCUT2D eigenvalue weighted by molar-refractivity contribution is 7.89. The number of nitrogens with zero attached hydrogens (tertiary/aromatic N) is 1. The van der Waals surface area contributed by atoms with E-state index < -0.39 is 15.9 Å². The third-order valence-corrected chi connectivity index (χ3v) is 5.60. The SMILES string of the molecule is CN(C)C(=O)CNC(=O)c1cccc(S(=O)(=O)NCc2cccs2)c1. The number of benzene rings is 1. The average molecular weight is 381 g/mol. The van der Waals surface area contributed by atoms with Crippen molar-refractivity contribution in [1.29, 1.82) is 0 Å². The Morgan fingerprint density at radius 1 is 1.16 bits per heavy atom. The number of sulfonamides is 1. The lowest BCUT2D eigenvalue weighted by Crippen LogP contribution is -2.36. The molecule has 0 bridgehead atoms. The fraction of sp³-hybridized carbons (Fsp3) is 0.250. The fourth-order valence-corrected chi connectivity index (χ4v) is 3.67. The number of carbonyl (C=O) groups excluding carboxylic acids is 2. The second-order valence-corrected chi connectivity index (χ2v) is 8.20. The Balaban J connectivity index is 2.06. The minimum atomic E-state index is -3.74. The maximum absolute atomic E-state index is 12.4. The fourth-order valence-electron chi connectivity index (χ4n) is 1.88. The molecule has 0 spiro atoms. The monoisotopic (exact) mass is 381 g/mol. The van der Waals surface area contributed by atoms with Crippen LogP contribution in [0.2, 0.25) is 0 Å². The topological polar surface area (TPSA) is 95.6 Å². The van der Waals surface area contributed by atoms with Gasteiger partial charge in [0.1, 0.15) is 0 Å². The molecule has 2 amide bonds. The molecule has 0 fully saturated rings. The van der Waals surface area contributed by atoms with Gasteiger partial charge in [0.2, 0.25) is 15.9 Å². The van der Waals surface area contributed by atoms with Crippen LogP contribution < -0.4 is 10.0 Å². The molecule has 0 saturated heterocycles. The van der Waals surface area contributed by atoms with Crippen LogP contribution in [0.4, 0.5) is 0 Å². The summed E-state index contributed by atoms with van der Waals surface area (Å²) in [5.74, 6) is -0.764. The lowest BCUT2D eigenvalue weighted by atomic mass is 10.2. The maximum Gasteiger partial charge on any atom is 0.251 e. The van der Waals surface area contributed by atoms with Gasteiger partial charge in [-0.1, -0.05) is 12.1 Å². The Labute approximate surface area is 150 Å². The first-order valence-electron chi connectivity index (χ1n) is 7.40. The molecule has 2 aromatic rings. The molecule has 0 atom stereocenters. The normalized spacial score (nSPS) is 11.1. The molecule has 0 aliphatic carbocycles. The molecule has 9 heteroatoms. The summed E-state index contributed by atoms with van der Waals surface area (Å²) in [6.07, 6.45) is 0. The van der Waals surface area contributed by atoms with Crippen LogP contribution in [0, 0.1) is 0 Å². The van der Waals surface area contributed by atoms with Gasteiger partial charge in [-0.2, -0.15) is 0 Å². The quantitative estimate of drug-likeness (QED) is 0.749. The molecule has 0 unspecified atom stereocenters. The summed E-state index contributed by atoms with van der Waals surface area (Å²) >= 11 is 1.45. The molecular formula is C16H19N3O4S2. The first kappa shape index (κ1) is 19.1. The van der Waals surface area contributed by atoms with E-state index in [1.165, 1.54) is 40.5 Å². The van der Waals surface area contributed by atoms with Gasteiger partial charge in [0.15, 0.2) is 0 Å². The highest BCUT2D eigenvalue weighted by Crippen LogP contribution is 2.14. The molecule has 134 valence electrons. The first-order valence-corrected chi connectivity index (χ1v) is 9.76. The Morgan fingerprint density at radius 3 is 2.56 bits per heavy atom. The molecule has 1 aromatic carbocycles. The second-order valence-electron chi connectivity index (χ2n) is 5.40. The van der Waals surface area contributed by atoms with Gasteiger partial charge < -0.3 is 10.2 Å². The Kier molecular flexibility index (Phi) is 6.29. The van der Waals surface area contributed by atoms with Crippen molar-refractivity contribution in [3.8, 4) is 0 Å². The van der Waals surface area contributed by atoms with Gasteiger partial charge in [0.05, 0.1) is 11.4 Å². The smallest absolute Gasteiger partial charge is 0.251 e. The number of nitrogens with one attached hydrogen (secondary N) is 2. The van der Waals surface area contributed by atoms with Crippen LogP contribution in [0.5, 0.6) is 0 Å². The van der Waals surface area contributed by atoms with Gasteiger partial charge in [-0.3, -0.25) is 9.59 Å². The molecule has 2 N–H and O–H groups in total. The summed E-state index contributed by atoms with van der Waals surface area (Å²) in [4.78, 5) is 25.9. The predicted molar refractivity (Wildman–Crippen MR) is 95.8 cm³/mol. The summed E-state index contributed by atoms with van der Waals surface area (Å²) in [5.41, 5.74) is 0.172. The minimum absolute atomic E-state index is 0.00403. The van der Waals surface area contributed by atoms with Crippen LogP contribution >= 0.6 is 11.3 Å². The highest BCUT2D eigenvalue weighted by Gasteiger charge is 2.17. The standard InChI is InChI=1S/C16H19N3O4S2/c1-19(2)15(20)11-17-16(21)12-5-3-7-14(9-12)25(22,23)18-10-13-6-4-8-24-13/h3-9,18H,10-11H2,1-2H3,(H,17,21). The van der Waals surface area contributed by atoms with Crippen molar-refractivity contribution in [3.05, 3.63) is 52.2 Å². The molecule has 2 rings (SSSR count). The first-order chi connectivity index (χ1) is 11.8. The van der Waals surface area contributed by atoms with Crippen molar-refractivity contribution in [2.45, 2.75) is 11.4 Å². The van der Waals surface area contributed by atoms with E-state index in [4.69, 9.17) is 0 Å². The van der Waals surface area contributed by atoms with Gasteiger partial charge in [-0.25, -0.2) is 13.1 Å². The van der Waals surface area contributed by atoms with Crippen molar-refractivity contribution >= 4 is 33.2 Å². The summed E-state index contributed by atoms with van der Waals surface area (Å²) in [7, 11) is -0.567. The lowest BCUT2D eigenvalue weighted by Gasteiger charge is -2.11. The molecule has 0 saturated carbocycles. The predicted octanol–water partition coefficient (Wildman–Crippen LogP) is 1.04. The zero-order valence-corrected chi connectivity index (χ0v) is 15.5. The van der Waals surface area contributed by atoms with E-state index in [1.54, 1.807) is 14.1 Å². The molecule has 25 heavy (non-hydrogen) atoms. The van der Waals surface area contributed by atoms with E-state index in [2.05, 4.69) is 10.0 Å². The molecular weight excluding hydrogens is 362 g/mol. The second kappa shape index (κ2) is 8.24. The van der Waals surface area contributed by atoms with Gasteiger partial charge in [-0.15, -0.1) is 11.3 Å². The molecule has 0 radical (unpaired) electrons. The van der Waals surface area contributed by atoms with Crippen molar-refractivity contribution in [2.75, 3.05) is 20.6 Å². The van der Waals surface area contributed by atoms with Gasteiger partial charge in [-0.05, 0) is 29.6 Å². The number of likely N-dealkylation sites (N-methyl/N-ethyl adjacent to an activating group) is 1. The zero-order valence-electron chi connectivity index (χ0n) is 13.9. The van der Waals surface area contributed by atoms with Crippen LogP contribution in [-0.2, 0) is 21.4 Å². The largest absolute Gasteiger partial charge is 0.347 e. The lowest BCUT2D eigenvalue weighted by molar-refractivity contribution is -0.127. The van der Waals surface area contributed by atoms with Crippen molar-refractivity contribution in [1.82, 2.24) is 14.9 Å². The molecule has 0 aliphatic rings. The van der Waals surface area contributed by atoms with Gasteiger partial charge in [0, 0.05) is 31.1 Å². The molecule has 0 aliphatic heterocycles. The number of hydrogen-bond acceptors (Lipinski definition) is 5. The number of thiophene rings is 1. The summed E-state index contributed by atoms with van der Waals surface area (Å²) in [6.45, 7) is 0.0349. The van der Waals surface area contributed by atoms with Crippen molar-refractivity contribution in [3.63, 3.8) is 0 Å². The number of amides is 2. The summed E-state index contributed by atoms with van der Waals surface area (Å²) in [6, 6.07) is 9.36. The minimum Gasteiger partial charge on any atom is -0.347 e. The van der Waals surface area contributed by atoms with E-state index in [1.807, 2.05) is 17.5 Å². The van der Waals surface area contributed by atoms with Gasteiger partial charge in [0.25, 0.3) is 5.91 Å². The zero-order chi connectivity index (χ0) is 18.4. The van der Waals surface area contributed by atoms with Crippen LogP contribution in [0.1, 0.15) is 15.2 Å². The Morgan fingerprint density at radius 2 is 1.92 bits per heavy atom. The van der Waals surface area contributed by atoms with Gasteiger partial charge >= 0.3 is 0 Å². The van der Waals surface area contributed by atoms with Crippen LogP contribution in [0.3, 0.4) is 0 Å². The van der Waals surface area contributed by atoms with Crippen LogP contribution in [0.25, 0.3) is 0 Å². The van der Waals surface area contributed by atoms with Crippen LogP contribution in [0.15, 0.2) is 46.7 Å². The van der Waals surface area contributed by atoms with Crippen LogP contribution in [-0.4, -0.2) is 45.8 Å². The molecule has 1 heterocycles. The van der Waals surface area contributed by atoms with E-state index >= 15 is 0 Å². The van der Waals surface area contributed by atoms with Crippen molar-refractivity contribution < 1.29 is 18.0 Å². The maximum atomic E-state index is 12.4. The van der Waals surface area contributed by atoms with E-state index in [9.17, 15) is 18.0 Å². The van der Waals surface area contributed by atoms with Crippen molar-refractivity contribution in [2.24, 2.45) is 0 Å². The van der Waals surface area contributed by atoms with E-state index in [0.29, 0.717) is 0 Å².